The van der Waals surface area contributed by atoms with Crippen LogP contribution in [0.1, 0.15) is 19.3 Å². The molecule has 1 saturated carbocycles. The van der Waals surface area contributed by atoms with E-state index in [2.05, 4.69) is 11.9 Å². The van der Waals surface area contributed by atoms with Crippen molar-refractivity contribution in [3.05, 3.63) is 0 Å². The molecule has 0 aromatic rings. The average molecular weight is 155 g/mol. The van der Waals surface area contributed by atoms with Gasteiger partial charge in [-0.2, -0.15) is 0 Å². The second-order valence-corrected chi connectivity index (χ2v) is 4.19. The summed E-state index contributed by atoms with van der Waals surface area (Å²) in [6.07, 6.45) is 3.95. The molecular formula is C9H17NO. The Morgan fingerprint density at radius 2 is 2.36 bits per heavy atom. The second-order valence-electron chi connectivity index (χ2n) is 4.19. The summed E-state index contributed by atoms with van der Waals surface area (Å²) in [6, 6.07) is 0. The van der Waals surface area contributed by atoms with Gasteiger partial charge in [0.1, 0.15) is 0 Å². The van der Waals surface area contributed by atoms with Gasteiger partial charge in [0.15, 0.2) is 0 Å². The molecule has 0 radical (unpaired) electrons. The van der Waals surface area contributed by atoms with Crippen LogP contribution in [0, 0.1) is 5.92 Å². The summed E-state index contributed by atoms with van der Waals surface area (Å²) in [5.41, 5.74) is 0.234. The lowest BCUT2D eigenvalue weighted by molar-refractivity contribution is -0.0465. The average Bonchev–Trinajstić information content (AvgIpc) is 2.28. The fourth-order valence-electron chi connectivity index (χ4n) is 2.74. The quantitative estimate of drug-likeness (QED) is 0.562. The highest BCUT2D eigenvalue weighted by molar-refractivity contribution is 4.97. The zero-order chi connectivity index (χ0) is 7.90. The zero-order valence-corrected chi connectivity index (χ0v) is 7.47. The minimum absolute atomic E-state index is 0.234. The van der Waals surface area contributed by atoms with E-state index < -0.39 is 0 Å². The molecule has 0 aromatic carbocycles. The number of piperidine rings is 1. The molecule has 2 aliphatic rings. The van der Waals surface area contributed by atoms with E-state index in [0.29, 0.717) is 0 Å². The van der Waals surface area contributed by atoms with Gasteiger partial charge in [0.25, 0.3) is 0 Å². The van der Waals surface area contributed by atoms with Crippen molar-refractivity contribution in [3.63, 3.8) is 0 Å². The van der Waals surface area contributed by atoms with Crippen molar-refractivity contribution in [1.29, 1.82) is 0 Å². The van der Waals surface area contributed by atoms with Crippen molar-refractivity contribution < 1.29 is 4.74 Å². The lowest BCUT2D eigenvalue weighted by Crippen LogP contribution is -2.46. The summed E-state index contributed by atoms with van der Waals surface area (Å²) in [7, 11) is 4.06. The van der Waals surface area contributed by atoms with Gasteiger partial charge < -0.3 is 9.64 Å². The molecule has 0 aromatic heterocycles. The standard InChI is InChI=1S/C9H17NO/c1-10-6-8-3-4-9(5-8,7-10)11-2/h8H,3-7H2,1-2H3. The molecule has 1 saturated heterocycles. The Labute approximate surface area is 68.5 Å². The third kappa shape index (κ3) is 1.18. The number of rotatable bonds is 1. The molecule has 0 amide bonds. The molecule has 2 unspecified atom stereocenters. The van der Waals surface area contributed by atoms with Gasteiger partial charge in [0.05, 0.1) is 5.60 Å². The molecule has 2 atom stereocenters. The summed E-state index contributed by atoms with van der Waals surface area (Å²) < 4.78 is 5.60. The molecule has 1 aliphatic carbocycles. The third-order valence-corrected chi connectivity index (χ3v) is 3.23. The zero-order valence-electron chi connectivity index (χ0n) is 7.47. The van der Waals surface area contributed by atoms with E-state index in [1.807, 2.05) is 7.11 Å². The van der Waals surface area contributed by atoms with Gasteiger partial charge in [-0.3, -0.25) is 0 Å². The van der Waals surface area contributed by atoms with Crippen molar-refractivity contribution in [1.82, 2.24) is 4.90 Å². The number of hydrogen-bond acceptors (Lipinski definition) is 2. The van der Waals surface area contributed by atoms with Gasteiger partial charge in [-0.05, 0) is 32.2 Å². The number of ether oxygens (including phenoxy) is 1. The molecule has 0 spiro atoms. The Morgan fingerprint density at radius 1 is 1.55 bits per heavy atom. The number of likely N-dealkylation sites (tertiary alicyclic amines) is 1. The van der Waals surface area contributed by atoms with E-state index in [4.69, 9.17) is 4.74 Å². The van der Waals surface area contributed by atoms with Crippen LogP contribution in [0.15, 0.2) is 0 Å². The SMILES string of the molecule is COC12CCC(CN(C)C1)C2. The molecular weight excluding hydrogens is 138 g/mol. The number of likely N-dealkylation sites (N-methyl/N-ethyl adjacent to an activating group) is 1. The maximum absolute atomic E-state index is 5.60. The molecule has 2 fully saturated rings. The van der Waals surface area contributed by atoms with Crippen LogP contribution >= 0.6 is 0 Å². The highest BCUT2D eigenvalue weighted by Crippen LogP contribution is 2.41. The van der Waals surface area contributed by atoms with Crippen LogP contribution in [-0.4, -0.2) is 37.7 Å². The summed E-state index contributed by atoms with van der Waals surface area (Å²) in [5, 5.41) is 0. The fourth-order valence-corrected chi connectivity index (χ4v) is 2.74. The first-order valence-corrected chi connectivity index (χ1v) is 4.48. The lowest BCUT2D eigenvalue weighted by Gasteiger charge is -2.37. The van der Waals surface area contributed by atoms with Crippen LogP contribution in [0.3, 0.4) is 0 Å². The predicted molar refractivity (Wildman–Crippen MR) is 44.6 cm³/mol. The highest BCUT2D eigenvalue weighted by atomic mass is 16.5. The largest absolute Gasteiger partial charge is 0.377 e. The van der Waals surface area contributed by atoms with Gasteiger partial charge in [0, 0.05) is 20.2 Å². The van der Waals surface area contributed by atoms with Crippen LogP contribution in [-0.2, 0) is 4.74 Å². The van der Waals surface area contributed by atoms with Gasteiger partial charge >= 0.3 is 0 Å². The Morgan fingerprint density at radius 3 is 3.09 bits per heavy atom. The normalized spacial score (nSPS) is 44.7. The van der Waals surface area contributed by atoms with E-state index in [1.54, 1.807) is 0 Å². The molecule has 2 bridgehead atoms. The molecule has 2 rings (SSSR count). The minimum Gasteiger partial charge on any atom is -0.377 e. The van der Waals surface area contributed by atoms with Crippen molar-refractivity contribution >= 4 is 0 Å². The summed E-state index contributed by atoms with van der Waals surface area (Å²) in [6.45, 7) is 2.42. The van der Waals surface area contributed by atoms with Crippen LogP contribution < -0.4 is 0 Å². The van der Waals surface area contributed by atoms with E-state index in [1.165, 1.54) is 25.8 Å². The first-order chi connectivity index (χ1) is 5.24. The summed E-state index contributed by atoms with van der Waals surface area (Å²) >= 11 is 0. The Bertz CT molecular complexity index is 160. The van der Waals surface area contributed by atoms with E-state index in [9.17, 15) is 0 Å². The molecule has 64 valence electrons. The van der Waals surface area contributed by atoms with Crippen molar-refractivity contribution in [2.24, 2.45) is 5.92 Å². The van der Waals surface area contributed by atoms with E-state index in [-0.39, 0.29) is 5.60 Å². The lowest BCUT2D eigenvalue weighted by atomic mass is 9.95. The Kier molecular flexibility index (Phi) is 1.69. The third-order valence-electron chi connectivity index (χ3n) is 3.23. The smallest absolute Gasteiger partial charge is 0.0808 e. The van der Waals surface area contributed by atoms with Gasteiger partial charge in [-0.1, -0.05) is 0 Å². The van der Waals surface area contributed by atoms with Crippen LogP contribution in [0.2, 0.25) is 0 Å². The van der Waals surface area contributed by atoms with Gasteiger partial charge in [-0.25, -0.2) is 0 Å². The maximum atomic E-state index is 5.60. The molecule has 1 heterocycles. The maximum Gasteiger partial charge on any atom is 0.0808 e. The Hall–Kier alpha value is -0.0800. The first kappa shape index (κ1) is 7.56. The summed E-state index contributed by atoms with van der Waals surface area (Å²) in [4.78, 5) is 2.41. The summed E-state index contributed by atoms with van der Waals surface area (Å²) in [5.74, 6) is 0.911. The molecule has 2 heteroatoms. The van der Waals surface area contributed by atoms with E-state index >= 15 is 0 Å². The second kappa shape index (κ2) is 2.46. The van der Waals surface area contributed by atoms with Gasteiger partial charge in [-0.15, -0.1) is 0 Å². The molecule has 2 nitrogen and oxygen atoms in total. The molecule has 11 heavy (non-hydrogen) atoms. The van der Waals surface area contributed by atoms with Crippen molar-refractivity contribution in [3.8, 4) is 0 Å². The Balaban J connectivity index is 2.12. The number of hydrogen-bond donors (Lipinski definition) is 0. The number of methoxy groups -OCH3 is 1. The molecule has 1 aliphatic heterocycles. The fraction of sp³-hybridized carbons (Fsp3) is 1.00. The topological polar surface area (TPSA) is 12.5 Å². The van der Waals surface area contributed by atoms with E-state index in [0.717, 1.165) is 12.5 Å². The van der Waals surface area contributed by atoms with Crippen LogP contribution in [0.4, 0.5) is 0 Å². The van der Waals surface area contributed by atoms with Crippen molar-refractivity contribution in [2.75, 3.05) is 27.2 Å². The number of nitrogens with zero attached hydrogens (tertiary/aromatic N) is 1. The molecule has 0 N–H and O–H groups in total. The monoisotopic (exact) mass is 155 g/mol. The predicted octanol–water partition coefficient (Wildman–Crippen LogP) is 1.12. The first-order valence-electron chi connectivity index (χ1n) is 4.48. The minimum atomic E-state index is 0.234. The van der Waals surface area contributed by atoms with Crippen LogP contribution in [0.25, 0.3) is 0 Å². The number of fused-ring (bicyclic) bond motifs is 2. The highest BCUT2D eigenvalue weighted by Gasteiger charge is 2.44. The van der Waals surface area contributed by atoms with Gasteiger partial charge in [0.2, 0.25) is 0 Å². The van der Waals surface area contributed by atoms with Crippen molar-refractivity contribution in [2.45, 2.75) is 24.9 Å². The van der Waals surface area contributed by atoms with Crippen LogP contribution in [0.5, 0.6) is 0 Å².